The van der Waals surface area contributed by atoms with E-state index in [1.165, 1.54) is 32.0 Å². The molecule has 0 spiro atoms. The first-order valence-corrected chi connectivity index (χ1v) is 5.45. The van der Waals surface area contributed by atoms with Gasteiger partial charge in [0.1, 0.15) is 5.54 Å². The molecule has 1 amide bonds. The topological polar surface area (TPSA) is 96.5 Å². The largest absolute Gasteiger partial charge is 0.480 e. The summed E-state index contributed by atoms with van der Waals surface area (Å²) in [5, 5.41) is 9.04. The minimum Gasteiger partial charge on any atom is -0.480 e. The van der Waals surface area contributed by atoms with Crippen molar-refractivity contribution >= 4 is 17.6 Å². The van der Waals surface area contributed by atoms with Gasteiger partial charge in [-0.1, -0.05) is 0 Å². The number of amides is 1. The Morgan fingerprint density at radius 3 is 2.50 bits per heavy atom. The zero-order chi connectivity index (χ0) is 13.9. The van der Waals surface area contributed by atoms with Crippen molar-refractivity contribution in [3.05, 3.63) is 24.0 Å². The first-order valence-electron chi connectivity index (χ1n) is 5.45. The number of hydrogen-bond donors (Lipinski definition) is 2. The molecule has 0 saturated carbocycles. The van der Waals surface area contributed by atoms with Crippen molar-refractivity contribution in [3.63, 3.8) is 0 Å². The average Bonchev–Trinajstić information content (AvgIpc) is 2.30. The monoisotopic (exact) mass is 251 g/mol. The quantitative estimate of drug-likeness (QED) is 0.813. The summed E-state index contributed by atoms with van der Waals surface area (Å²) in [6.45, 7) is 2.95. The third kappa shape index (κ3) is 2.97. The smallest absolute Gasteiger partial charge is 0.329 e. The van der Waals surface area contributed by atoms with Crippen LogP contribution in [-0.2, 0) is 16.0 Å². The molecule has 0 radical (unpaired) electrons. The lowest BCUT2D eigenvalue weighted by molar-refractivity contribution is -0.155. The average molecular weight is 251 g/mol. The van der Waals surface area contributed by atoms with Crippen LogP contribution in [0.15, 0.2) is 18.3 Å². The van der Waals surface area contributed by atoms with Crippen LogP contribution in [0.25, 0.3) is 0 Å². The highest BCUT2D eigenvalue weighted by Crippen LogP contribution is 2.14. The Balaban J connectivity index is 2.77. The predicted octanol–water partition coefficient (Wildman–Crippen LogP) is 0.528. The first-order chi connectivity index (χ1) is 8.25. The van der Waals surface area contributed by atoms with Crippen molar-refractivity contribution in [2.45, 2.75) is 25.8 Å². The van der Waals surface area contributed by atoms with E-state index < -0.39 is 11.5 Å². The number of hydrogen-bond acceptors (Lipinski definition) is 4. The van der Waals surface area contributed by atoms with E-state index in [0.29, 0.717) is 11.4 Å². The lowest BCUT2D eigenvalue weighted by Gasteiger charge is -2.31. The van der Waals surface area contributed by atoms with Crippen LogP contribution < -0.4 is 5.73 Å². The predicted molar refractivity (Wildman–Crippen MR) is 66.8 cm³/mol. The van der Waals surface area contributed by atoms with Crippen LogP contribution >= 0.6 is 0 Å². The molecule has 18 heavy (non-hydrogen) atoms. The number of carboxylic acid groups (broad SMARTS) is 1. The van der Waals surface area contributed by atoms with E-state index in [-0.39, 0.29) is 12.3 Å². The van der Waals surface area contributed by atoms with Gasteiger partial charge in [-0.15, -0.1) is 0 Å². The highest BCUT2D eigenvalue weighted by molar-refractivity contribution is 5.87. The van der Waals surface area contributed by atoms with Crippen molar-refractivity contribution in [1.82, 2.24) is 9.88 Å². The standard InChI is InChI=1S/C12H17N3O3/c1-12(2,11(17)18)15(3)10(16)6-9-5-4-8(13)7-14-9/h4-5,7H,6,13H2,1-3H3,(H,17,18). The lowest BCUT2D eigenvalue weighted by Crippen LogP contribution is -2.51. The maximum atomic E-state index is 11.9. The van der Waals surface area contributed by atoms with E-state index in [1.54, 1.807) is 12.1 Å². The molecule has 6 nitrogen and oxygen atoms in total. The Morgan fingerprint density at radius 2 is 2.06 bits per heavy atom. The molecular formula is C12H17N3O3. The lowest BCUT2D eigenvalue weighted by atomic mass is 10.0. The van der Waals surface area contributed by atoms with E-state index in [2.05, 4.69) is 4.98 Å². The normalized spacial score (nSPS) is 11.1. The Kier molecular flexibility index (Phi) is 3.90. The summed E-state index contributed by atoms with van der Waals surface area (Å²) in [7, 11) is 1.47. The van der Waals surface area contributed by atoms with Gasteiger partial charge in [0, 0.05) is 12.7 Å². The molecule has 0 aliphatic rings. The molecular weight excluding hydrogens is 234 g/mol. The molecule has 0 aliphatic carbocycles. The number of carbonyl (C=O) groups is 2. The van der Waals surface area contributed by atoms with E-state index in [1.807, 2.05) is 0 Å². The number of anilines is 1. The fraction of sp³-hybridized carbons (Fsp3) is 0.417. The second-order valence-corrected chi connectivity index (χ2v) is 4.58. The summed E-state index contributed by atoms with van der Waals surface area (Å²) >= 11 is 0. The van der Waals surface area contributed by atoms with Crippen molar-refractivity contribution in [2.75, 3.05) is 12.8 Å². The summed E-state index contributed by atoms with van der Waals surface area (Å²) in [4.78, 5) is 28.2. The summed E-state index contributed by atoms with van der Waals surface area (Å²) in [5.41, 5.74) is 5.32. The summed E-state index contributed by atoms with van der Waals surface area (Å²) in [6.07, 6.45) is 1.51. The number of aliphatic carboxylic acids is 1. The number of likely N-dealkylation sites (N-methyl/N-ethyl adjacent to an activating group) is 1. The van der Waals surface area contributed by atoms with Gasteiger partial charge in [-0.05, 0) is 26.0 Å². The number of nitrogens with two attached hydrogens (primary N) is 1. The number of pyridine rings is 1. The van der Waals surface area contributed by atoms with Crippen LogP contribution in [0.1, 0.15) is 19.5 Å². The molecule has 0 unspecified atom stereocenters. The van der Waals surface area contributed by atoms with E-state index in [4.69, 9.17) is 10.8 Å². The molecule has 0 atom stereocenters. The Bertz CT molecular complexity index is 454. The molecule has 1 heterocycles. The van der Waals surface area contributed by atoms with Gasteiger partial charge < -0.3 is 15.7 Å². The van der Waals surface area contributed by atoms with E-state index in [9.17, 15) is 9.59 Å². The zero-order valence-corrected chi connectivity index (χ0v) is 10.7. The third-order valence-electron chi connectivity index (χ3n) is 2.92. The van der Waals surface area contributed by atoms with E-state index in [0.717, 1.165) is 0 Å². The number of aromatic nitrogens is 1. The van der Waals surface area contributed by atoms with Gasteiger partial charge in [0.25, 0.3) is 0 Å². The van der Waals surface area contributed by atoms with Gasteiger partial charge >= 0.3 is 5.97 Å². The molecule has 6 heteroatoms. The minimum atomic E-state index is -1.25. The highest BCUT2D eigenvalue weighted by Gasteiger charge is 2.35. The Morgan fingerprint density at radius 1 is 1.44 bits per heavy atom. The summed E-state index contributed by atoms with van der Waals surface area (Å²) in [5.74, 6) is -1.36. The molecule has 0 bridgehead atoms. The summed E-state index contributed by atoms with van der Waals surface area (Å²) < 4.78 is 0. The number of carbonyl (C=O) groups excluding carboxylic acids is 1. The number of nitrogen functional groups attached to an aromatic ring is 1. The molecule has 0 aromatic carbocycles. The van der Waals surface area contributed by atoms with Crippen LogP contribution in [0, 0.1) is 0 Å². The second-order valence-electron chi connectivity index (χ2n) is 4.58. The molecule has 1 aromatic rings. The summed E-state index contributed by atoms with van der Waals surface area (Å²) in [6, 6.07) is 3.30. The Hall–Kier alpha value is -2.11. The van der Waals surface area contributed by atoms with Gasteiger partial charge in [-0.25, -0.2) is 4.79 Å². The van der Waals surface area contributed by atoms with Gasteiger partial charge in [0.2, 0.25) is 5.91 Å². The third-order valence-corrected chi connectivity index (χ3v) is 2.92. The molecule has 0 fully saturated rings. The fourth-order valence-corrected chi connectivity index (χ4v) is 1.27. The molecule has 0 saturated heterocycles. The van der Waals surface area contributed by atoms with Crippen LogP contribution in [-0.4, -0.2) is 39.5 Å². The molecule has 1 rings (SSSR count). The number of nitrogens with zero attached hydrogens (tertiary/aromatic N) is 2. The van der Waals surface area contributed by atoms with Crippen LogP contribution in [0.5, 0.6) is 0 Å². The van der Waals surface area contributed by atoms with Crippen LogP contribution in [0.2, 0.25) is 0 Å². The maximum absolute atomic E-state index is 11.9. The molecule has 3 N–H and O–H groups in total. The van der Waals surface area contributed by atoms with Gasteiger partial charge in [0.15, 0.2) is 0 Å². The first kappa shape index (κ1) is 14.0. The zero-order valence-electron chi connectivity index (χ0n) is 10.7. The maximum Gasteiger partial charge on any atom is 0.329 e. The van der Waals surface area contributed by atoms with Gasteiger partial charge in [-0.3, -0.25) is 9.78 Å². The minimum absolute atomic E-state index is 0.0491. The van der Waals surface area contributed by atoms with Crippen molar-refractivity contribution in [1.29, 1.82) is 0 Å². The fourth-order valence-electron chi connectivity index (χ4n) is 1.27. The van der Waals surface area contributed by atoms with Crippen molar-refractivity contribution in [3.8, 4) is 0 Å². The van der Waals surface area contributed by atoms with Crippen molar-refractivity contribution < 1.29 is 14.7 Å². The SMILES string of the molecule is CN(C(=O)Cc1ccc(N)cn1)C(C)(C)C(=O)O. The molecule has 0 aliphatic heterocycles. The number of carboxylic acids is 1. The molecule has 1 aromatic heterocycles. The second kappa shape index (κ2) is 5.03. The van der Waals surface area contributed by atoms with Gasteiger partial charge in [0.05, 0.1) is 18.3 Å². The van der Waals surface area contributed by atoms with E-state index >= 15 is 0 Å². The van der Waals surface area contributed by atoms with Crippen LogP contribution in [0.4, 0.5) is 5.69 Å². The van der Waals surface area contributed by atoms with Crippen molar-refractivity contribution in [2.24, 2.45) is 0 Å². The van der Waals surface area contributed by atoms with Crippen LogP contribution in [0.3, 0.4) is 0 Å². The highest BCUT2D eigenvalue weighted by atomic mass is 16.4. The Labute approximate surface area is 105 Å². The molecule has 98 valence electrons. The number of rotatable bonds is 4. The van der Waals surface area contributed by atoms with Gasteiger partial charge in [-0.2, -0.15) is 0 Å².